The Kier molecular flexibility index (Phi) is 3.00. The Morgan fingerprint density at radius 2 is 1.75 bits per heavy atom. The number of carbonyl (C=O) groups is 1. The molecule has 0 bridgehead atoms. The number of hydrogen-bond donors (Lipinski definition) is 2. The normalized spacial score (nSPS) is 10.8. The lowest BCUT2D eigenvalue weighted by Gasteiger charge is -2.00. The summed E-state index contributed by atoms with van der Waals surface area (Å²) in [6.07, 6.45) is 1.65. The maximum atomic E-state index is 12.5. The molecular weight excluding hydrogens is 254 g/mol. The van der Waals surface area contributed by atoms with Crippen molar-refractivity contribution in [2.45, 2.75) is 6.73 Å². The van der Waals surface area contributed by atoms with Gasteiger partial charge in [-0.25, -0.2) is 0 Å². The van der Waals surface area contributed by atoms with Crippen molar-refractivity contribution in [3.8, 4) is 5.75 Å². The number of phenolic OH excluding ortho intramolecular Hbond substituents is 1. The topological polar surface area (TPSA) is 62.5 Å². The number of aromatic hydroxyl groups is 1. The van der Waals surface area contributed by atoms with Gasteiger partial charge in [0, 0.05) is 22.7 Å². The third-order valence-electron chi connectivity index (χ3n) is 3.32. The minimum absolute atomic E-state index is 0.124. The minimum atomic E-state index is -0.177. The first kappa shape index (κ1) is 12.4. The van der Waals surface area contributed by atoms with Crippen molar-refractivity contribution in [1.29, 1.82) is 0 Å². The molecule has 20 heavy (non-hydrogen) atoms. The standard InChI is InChI=1S/C16H13NO3/c18-10-17-9-14(13-3-1-2-4-15(13)17)16(20)11-5-7-12(19)8-6-11/h1-9,18-19H,10H2. The largest absolute Gasteiger partial charge is 0.508 e. The van der Waals surface area contributed by atoms with E-state index in [9.17, 15) is 15.0 Å². The molecule has 3 aromatic rings. The summed E-state index contributed by atoms with van der Waals surface area (Å²) in [5.74, 6) is -0.00673. The quantitative estimate of drug-likeness (QED) is 0.717. The average Bonchev–Trinajstić information content (AvgIpc) is 2.86. The van der Waals surface area contributed by atoms with Crippen LogP contribution < -0.4 is 0 Å². The van der Waals surface area contributed by atoms with Crippen LogP contribution in [-0.4, -0.2) is 20.6 Å². The summed E-state index contributed by atoms with van der Waals surface area (Å²) in [6, 6.07) is 13.6. The Bertz CT molecular complexity index is 772. The Morgan fingerprint density at radius 1 is 1.05 bits per heavy atom. The van der Waals surface area contributed by atoms with E-state index < -0.39 is 0 Å². The zero-order valence-corrected chi connectivity index (χ0v) is 10.7. The van der Waals surface area contributed by atoms with Crippen LogP contribution in [0.1, 0.15) is 15.9 Å². The van der Waals surface area contributed by atoms with Crippen LogP contribution in [0.25, 0.3) is 10.9 Å². The highest BCUT2D eigenvalue weighted by Gasteiger charge is 2.16. The minimum Gasteiger partial charge on any atom is -0.508 e. The summed E-state index contributed by atoms with van der Waals surface area (Å²) >= 11 is 0. The molecule has 3 rings (SSSR count). The second kappa shape index (κ2) is 4.83. The molecule has 0 aliphatic carbocycles. The first-order valence-corrected chi connectivity index (χ1v) is 6.23. The maximum Gasteiger partial charge on any atom is 0.195 e. The van der Waals surface area contributed by atoms with Gasteiger partial charge < -0.3 is 14.8 Å². The summed E-state index contributed by atoms with van der Waals surface area (Å²) in [4.78, 5) is 12.5. The van der Waals surface area contributed by atoms with Crippen molar-refractivity contribution in [3.63, 3.8) is 0 Å². The molecule has 0 radical (unpaired) electrons. The van der Waals surface area contributed by atoms with Crippen LogP contribution in [0, 0.1) is 0 Å². The first-order valence-electron chi connectivity index (χ1n) is 6.23. The molecule has 0 atom stereocenters. The number of hydrogen-bond acceptors (Lipinski definition) is 3. The maximum absolute atomic E-state index is 12.5. The molecule has 0 amide bonds. The lowest BCUT2D eigenvalue weighted by Crippen LogP contribution is -2.00. The fourth-order valence-corrected chi connectivity index (χ4v) is 2.31. The molecule has 4 nitrogen and oxygen atoms in total. The highest BCUT2D eigenvalue weighted by Crippen LogP contribution is 2.24. The van der Waals surface area contributed by atoms with Crippen LogP contribution >= 0.6 is 0 Å². The van der Waals surface area contributed by atoms with Crippen LogP contribution in [0.3, 0.4) is 0 Å². The molecule has 4 heteroatoms. The second-order valence-corrected chi connectivity index (χ2v) is 4.55. The zero-order chi connectivity index (χ0) is 14.1. The van der Waals surface area contributed by atoms with E-state index in [0.29, 0.717) is 11.1 Å². The van der Waals surface area contributed by atoms with E-state index in [4.69, 9.17) is 0 Å². The molecule has 2 aromatic carbocycles. The predicted octanol–water partition coefficient (Wildman–Crippen LogP) is 2.53. The number of aliphatic hydroxyl groups excluding tert-OH is 1. The molecule has 0 saturated heterocycles. The van der Waals surface area contributed by atoms with Gasteiger partial charge in [-0.15, -0.1) is 0 Å². The van der Waals surface area contributed by atoms with E-state index in [1.807, 2.05) is 24.3 Å². The van der Waals surface area contributed by atoms with E-state index >= 15 is 0 Å². The molecule has 0 spiro atoms. The first-order chi connectivity index (χ1) is 9.70. The van der Waals surface area contributed by atoms with Gasteiger partial charge in [-0.2, -0.15) is 0 Å². The van der Waals surface area contributed by atoms with Crippen LogP contribution in [0.5, 0.6) is 5.75 Å². The molecule has 1 aromatic heterocycles. The molecule has 1 heterocycles. The van der Waals surface area contributed by atoms with Gasteiger partial charge in [0.15, 0.2) is 5.78 Å². The number of rotatable bonds is 3. The number of fused-ring (bicyclic) bond motifs is 1. The van der Waals surface area contributed by atoms with Crippen molar-refractivity contribution >= 4 is 16.7 Å². The molecule has 0 aliphatic rings. The Balaban J connectivity index is 2.14. The van der Waals surface area contributed by atoms with Gasteiger partial charge in [0.2, 0.25) is 0 Å². The predicted molar refractivity (Wildman–Crippen MR) is 75.7 cm³/mol. The highest BCUT2D eigenvalue weighted by molar-refractivity contribution is 6.16. The highest BCUT2D eigenvalue weighted by atomic mass is 16.3. The molecule has 100 valence electrons. The molecule has 0 unspecified atom stereocenters. The van der Waals surface area contributed by atoms with Gasteiger partial charge in [-0.1, -0.05) is 18.2 Å². The summed E-state index contributed by atoms with van der Waals surface area (Å²) in [6.45, 7) is -0.177. The summed E-state index contributed by atoms with van der Waals surface area (Å²) in [5.41, 5.74) is 1.86. The number of aromatic nitrogens is 1. The Labute approximate surface area is 115 Å². The summed E-state index contributed by atoms with van der Waals surface area (Å²) in [5, 5.41) is 19.4. The number of para-hydroxylation sites is 1. The lowest BCUT2D eigenvalue weighted by atomic mass is 10.0. The number of phenols is 1. The SMILES string of the molecule is O=C(c1ccc(O)cc1)c1cn(CO)c2ccccc12. The van der Waals surface area contributed by atoms with Crippen molar-refractivity contribution in [1.82, 2.24) is 4.57 Å². The van der Waals surface area contributed by atoms with Gasteiger partial charge in [0.25, 0.3) is 0 Å². The number of benzene rings is 2. The fourth-order valence-electron chi connectivity index (χ4n) is 2.31. The third-order valence-corrected chi connectivity index (χ3v) is 3.32. The van der Waals surface area contributed by atoms with Crippen molar-refractivity contribution < 1.29 is 15.0 Å². The molecule has 0 fully saturated rings. The molecular formula is C16H13NO3. The van der Waals surface area contributed by atoms with Gasteiger partial charge in [0.05, 0.1) is 5.52 Å². The van der Waals surface area contributed by atoms with E-state index in [1.54, 1.807) is 22.9 Å². The van der Waals surface area contributed by atoms with Crippen LogP contribution in [0.15, 0.2) is 54.7 Å². The van der Waals surface area contributed by atoms with E-state index in [1.165, 1.54) is 12.1 Å². The van der Waals surface area contributed by atoms with E-state index in [0.717, 1.165) is 10.9 Å². The van der Waals surface area contributed by atoms with Gasteiger partial charge in [-0.05, 0) is 30.3 Å². The Hall–Kier alpha value is -2.59. The van der Waals surface area contributed by atoms with Crippen LogP contribution in [-0.2, 0) is 6.73 Å². The monoisotopic (exact) mass is 267 g/mol. The Morgan fingerprint density at radius 3 is 2.45 bits per heavy atom. The number of carbonyl (C=O) groups excluding carboxylic acids is 1. The average molecular weight is 267 g/mol. The lowest BCUT2D eigenvalue weighted by molar-refractivity contribution is 0.104. The summed E-state index contributed by atoms with van der Waals surface area (Å²) in [7, 11) is 0. The molecule has 2 N–H and O–H groups in total. The zero-order valence-electron chi connectivity index (χ0n) is 10.7. The molecule has 0 aliphatic heterocycles. The van der Waals surface area contributed by atoms with E-state index in [-0.39, 0.29) is 18.3 Å². The van der Waals surface area contributed by atoms with E-state index in [2.05, 4.69) is 0 Å². The van der Waals surface area contributed by atoms with Gasteiger partial charge in [0.1, 0.15) is 12.5 Å². The third kappa shape index (κ3) is 1.96. The number of nitrogens with zero attached hydrogens (tertiary/aromatic N) is 1. The van der Waals surface area contributed by atoms with Crippen LogP contribution in [0.4, 0.5) is 0 Å². The van der Waals surface area contributed by atoms with Crippen molar-refractivity contribution in [2.75, 3.05) is 0 Å². The summed E-state index contributed by atoms with van der Waals surface area (Å²) < 4.78 is 1.63. The van der Waals surface area contributed by atoms with Crippen LogP contribution in [0.2, 0.25) is 0 Å². The fraction of sp³-hybridized carbons (Fsp3) is 0.0625. The van der Waals surface area contributed by atoms with Gasteiger partial charge >= 0.3 is 0 Å². The smallest absolute Gasteiger partial charge is 0.195 e. The van der Waals surface area contributed by atoms with Crippen molar-refractivity contribution in [3.05, 3.63) is 65.9 Å². The number of ketones is 1. The number of aliphatic hydroxyl groups is 1. The molecule has 0 saturated carbocycles. The second-order valence-electron chi connectivity index (χ2n) is 4.55. The van der Waals surface area contributed by atoms with Gasteiger partial charge in [-0.3, -0.25) is 4.79 Å². The van der Waals surface area contributed by atoms with Crippen molar-refractivity contribution in [2.24, 2.45) is 0 Å².